The van der Waals surface area contributed by atoms with Gasteiger partial charge in [0.1, 0.15) is 16.4 Å². The largest absolute Gasteiger partial charge is 0.464 e. The smallest absolute Gasteiger partial charge is 0.244 e. The van der Waals surface area contributed by atoms with E-state index in [1.807, 2.05) is 0 Å². The van der Waals surface area contributed by atoms with E-state index in [-0.39, 0.29) is 17.0 Å². The predicted octanol–water partition coefficient (Wildman–Crippen LogP) is 1.54. The average Bonchev–Trinajstić information content (AvgIpc) is 2.76. The highest BCUT2D eigenvalue weighted by atomic mass is 32.2. The summed E-state index contributed by atoms with van der Waals surface area (Å²) in [6, 6.07) is 1.56. The van der Waals surface area contributed by atoms with E-state index in [0.717, 1.165) is 25.8 Å². The molecule has 0 bridgehead atoms. The number of hydrogen-bond acceptors (Lipinski definition) is 5. The van der Waals surface area contributed by atoms with Gasteiger partial charge in [0.2, 0.25) is 10.0 Å². The number of sulfonamides is 1. The summed E-state index contributed by atoms with van der Waals surface area (Å²) in [6.45, 7) is 5.17. The highest BCUT2D eigenvalue weighted by molar-refractivity contribution is 7.89. The average molecular weight is 316 g/mol. The second kappa shape index (κ2) is 6.91. The highest BCUT2D eigenvalue weighted by Gasteiger charge is 2.33. The van der Waals surface area contributed by atoms with Gasteiger partial charge in [0.15, 0.2) is 0 Å². The molecule has 1 aromatic rings. The maximum absolute atomic E-state index is 12.4. The molecule has 2 rings (SSSR count). The molecular weight excluding hydrogens is 292 g/mol. The van der Waals surface area contributed by atoms with Crippen LogP contribution in [-0.2, 0) is 21.3 Å². The molecule has 0 unspecified atom stereocenters. The maximum Gasteiger partial charge on any atom is 0.244 e. The zero-order valence-electron chi connectivity index (χ0n) is 12.8. The molecular formula is C14H24N2O4S. The Bertz CT molecular complexity index is 562. The zero-order valence-corrected chi connectivity index (χ0v) is 13.6. The molecule has 1 aromatic heterocycles. The van der Waals surface area contributed by atoms with E-state index in [1.165, 1.54) is 0 Å². The van der Waals surface area contributed by atoms with Crippen LogP contribution in [0.2, 0.25) is 0 Å². The Labute approximate surface area is 126 Å². The number of rotatable bonds is 8. The van der Waals surface area contributed by atoms with Crippen molar-refractivity contribution in [3.05, 3.63) is 17.6 Å². The first-order valence-electron chi connectivity index (χ1n) is 7.31. The Morgan fingerprint density at radius 2 is 2.14 bits per heavy atom. The predicted molar refractivity (Wildman–Crippen MR) is 79.6 cm³/mol. The highest BCUT2D eigenvalue weighted by Crippen LogP contribution is 2.26. The van der Waals surface area contributed by atoms with E-state index in [0.29, 0.717) is 18.1 Å². The molecule has 0 aromatic carbocycles. The minimum absolute atomic E-state index is 0.0454. The van der Waals surface area contributed by atoms with Crippen LogP contribution in [0.4, 0.5) is 0 Å². The molecule has 0 radical (unpaired) electrons. The lowest BCUT2D eigenvalue weighted by Crippen LogP contribution is -2.47. The summed E-state index contributed by atoms with van der Waals surface area (Å²) in [5.74, 6) is 1.07. The van der Waals surface area contributed by atoms with Gasteiger partial charge in [-0.15, -0.1) is 0 Å². The summed E-state index contributed by atoms with van der Waals surface area (Å²) in [6.07, 6.45) is 2.63. The van der Waals surface area contributed by atoms with Crippen molar-refractivity contribution in [2.24, 2.45) is 0 Å². The molecule has 0 aliphatic heterocycles. The molecule has 0 saturated heterocycles. The number of aryl methyl sites for hydroxylation is 1. The van der Waals surface area contributed by atoms with Gasteiger partial charge < -0.3 is 14.5 Å². The first-order chi connectivity index (χ1) is 9.96. The Balaban J connectivity index is 1.99. The van der Waals surface area contributed by atoms with Crippen molar-refractivity contribution in [3.63, 3.8) is 0 Å². The molecule has 2 N–H and O–H groups in total. The van der Waals surface area contributed by atoms with Crippen LogP contribution < -0.4 is 10.0 Å². The molecule has 0 atom stereocenters. The van der Waals surface area contributed by atoms with E-state index in [4.69, 9.17) is 9.15 Å². The van der Waals surface area contributed by atoms with Crippen LogP contribution in [0, 0.1) is 6.92 Å². The Morgan fingerprint density at radius 3 is 2.76 bits per heavy atom. The fourth-order valence-electron chi connectivity index (χ4n) is 2.40. The SMILES string of the molecule is CCCNCc1cc(S(=O)(=O)NC2CC(OC)C2)c(C)o1. The maximum atomic E-state index is 12.4. The Kier molecular flexibility index (Phi) is 5.43. The minimum atomic E-state index is -3.52. The van der Waals surface area contributed by atoms with Gasteiger partial charge in [0.05, 0.1) is 12.6 Å². The van der Waals surface area contributed by atoms with Gasteiger partial charge in [-0.3, -0.25) is 0 Å². The van der Waals surface area contributed by atoms with Gasteiger partial charge in [0, 0.05) is 19.2 Å². The summed E-state index contributed by atoms with van der Waals surface area (Å²) in [5.41, 5.74) is 0. The molecule has 0 amide bonds. The van der Waals surface area contributed by atoms with Crippen molar-refractivity contribution >= 4 is 10.0 Å². The van der Waals surface area contributed by atoms with Gasteiger partial charge >= 0.3 is 0 Å². The van der Waals surface area contributed by atoms with Gasteiger partial charge in [-0.05, 0) is 32.7 Å². The third-order valence-electron chi connectivity index (χ3n) is 3.69. The fourth-order valence-corrected chi connectivity index (χ4v) is 3.87. The van der Waals surface area contributed by atoms with Crippen molar-refractivity contribution < 1.29 is 17.6 Å². The van der Waals surface area contributed by atoms with Crippen LogP contribution in [0.5, 0.6) is 0 Å². The number of hydrogen-bond donors (Lipinski definition) is 2. The lowest BCUT2D eigenvalue weighted by molar-refractivity contribution is 0.0236. The quantitative estimate of drug-likeness (QED) is 0.711. The molecule has 0 spiro atoms. The first kappa shape index (κ1) is 16.5. The Hall–Kier alpha value is -0.890. The summed E-state index contributed by atoms with van der Waals surface area (Å²) < 4.78 is 38.1. The van der Waals surface area contributed by atoms with Crippen LogP contribution in [-0.4, -0.2) is 34.2 Å². The lowest BCUT2D eigenvalue weighted by Gasteiger charge is -2.34. The molecule has 1 fully saturated rings. The molecule has 1 aliphatic carbocycles. The summed E-state index contributed by atoms with van der Waals surface area (Å²) in [4.78, 5) is 0.233. The monoisotopic (exact) mass is 316 g/mol. The van der Waals surface area contributed by atoms with Crippen LogP contribution in [0.3, 0.4) is 0 Å². The van der Waals surface area contributed by atoms with Crippen LogP contribution in [0.1, 0.15) is 37.7 Å². The standard InChI is InChI=1S/C14H24N2O4S/c1-4-5-15-9-13-8-14(10(2)20-13)21(17,18)16-11-6-12(7-11)19-3/h8,11-12,15-16H,4-7,9H2,1-3H3. The Morgan fingerprint density at radius 1 is 1.43 bits per heavy atom. The molecule has 1 saturated carbocycles. The molecule has 7 heteroatoms. The number of nitrogens with one attached hydrogen (secondary N) is 2. The number of methoxy groups -OCH3 is 1. The second-order valence-corrected chi connectivity index (χ2v) is 7.14. The van der Waals surface area contributed by atoms with Crippen molar-refractivity contribution in [1.82, 2.24) is 10.0 Å². The van der Waals surface area contributed by atoms with Crippen LogP contribution in [0.15, 0.2) is 15.4 Å². The summed E-state index contributed by atoms with van der Waals surface area (Å²) in [7, 11) is -1.88. The third-order valence-corrected chi connectivity index (χ3v) is 5.32. The lowest BCUT2D eigenvalue weighted by atomic mass is 9.90. The van der Waals surface area contributed by atoms with Crippen molar-refractivity contribution in [2.75, 3.05) is 13.7 Å². The van der Waals surface area contributed by atoms with Crippen LogP contribution >= 0.6 is 0 Å². The van der Waals surface area contributed by atoms with E-state index < -0.39 is 10.0 Å². The minimum Gasteiger partial charge on any atom is -0.464 e. The van der Waals surface area contributed by atoms with Crippen molar-refractivity contribution in [2.45, 2.75) is 56.7 Å². The molecule has 120 valence electrons. The fraction of sp³-hybridized carbons (Fsp3) is 0.714. The van der Waals surface area contributed by atoms with E-state index in [9.17, 15) is 8.42 Å². The molecule has 6 nitrogen and oxygen atoms in total. The van der Waals surface area contributed by atoms with Gasteiger partial charge in [-0.2, -0.15) is 0 Å². The van der Waals surface area contributed by atoms with Gasteiger partial charge in [0.25, 0.3) is 0 Å². The van der Waals surface area contributed by atoms with E-state index in [2.05, 4.69) is 17.0 Å². The first-order valence-corrected chi connectivity index (χ1v) is 8.79. The normalized spacial score (nSPS) is 22.2. The molecule has 1 aliphatic rings. The summed E-state index contributed by atoms with van der Waals surface area (Å²) in [5, 5.41) is 3.19. The summed E-state index contributed by atoms with van der Waals surface area (Å²) >= 11 is 0. The van der Waals surface area contributed by atoms with E-state index in [1.54, 1.807) is 20.1 Å². The molecule has 21 heavy (non-hydrogen) atoms. The third kappa shape index (κ3) is 4.06. The van der Waals surface area contributed by atoms with E-state index >= 15 is 0 Å². The molecule has 1 heterocycles. The number of ether oxygens (including phenoxy) is 1. The topological polar surface area (TPSA) is 80.6 Å². The van der Waals surface area contributed by atoms with Crippen molar-refractivity contribution in [3.8, 4) is 0 Å². The number of furan rings is 1. The zero-order chi connectivity index (χ0) is 15.5. The second-order valence-electron chi connectivity index (χ2n) is 5.46. The van der Waals surface area contributed by atoms with Gasteiger partial charge in [-0.1, -0.05) is 6.92 Å². The van der Waals surface area contributed by atoms with Crippen LogP contribution in [0.25, 0.3) is 0 Å². The van der Waals surface area contributed by atoms with Gasteiger partial charge in [-0.25, -0.2) is 13.1 Å². The van der Waals surface area contributed by atoms with Crippen molar-refractivity contribution in [1.29, 1.82) is 0 Å².